The summed E-state index contributed by atoms with van der Waals surface area (Å²) in [7, 11) is 3.69. The molecule has 1 aromatic rings. The van der Waals surface area contributed by atoms with Gasteiger partial charge in [-0.15, -0.1) is 0 Å². The number of likely N-dealkylation sites (N-methyl/N-ethyl adjacent to an activating group) is 1. The first-order chi connectivity index (χ1) is 11.1. The normalized spacial score (nSPS) is 25.8. The maximum Gasteiger partial charge on any atom is 0.236 e. The third-order valence-corrected chi connectivity index (χ3v) is 5.31. The first-order valence-electron chi connectivity index (χ1n) is 8.67. The van der Waals surface area contributed by atoms with Crippen molar-refractivity contribution in [3.63, 3.8) is 0 Å². The Bertz CT molecular complexity index is 533. The van der Waals surface area contributed by atoms with Crippen LogP contribution in [0, 0.1) is 0 Å². The Labute approximate surface area is 139 Å². The number of hydrogen-bond acceptors (Lipinski definition) is 4. The van der Waals surface area contributed by atoms with Crippen LogP contribution in [0.4, 0.5) is 0 Å². The fourth-order valence-electron chi connectivity index (χ4n) is 4.07. The second-order valence-electron chi connectivity index (χ2n) is 7.17. The quantitative estimate of drug-likeness (QED) is 0.846. The standard InChI is InChI=1S/C18H28N4O/c1-20(2)17(23)14-22-12-6-9-18(22)8-5-11-21(15-18)13-16-7-3-4-10-19-16/h3-4,7,10H,5-6,8-9,11-15H2,1-2H3/t18-/m1/s1. The largest absolute Gasteiger partial charge is 0.348 e. The highest BCUT2D eigenvalue weighted by Crippen LogP contribution is 2.37. The van der Waals surface area contributed by atoms with Gasteiger partial charge in [-0.25, -0.2) is 0 Å². The summed E-state index contributed by atoms with van der Waals surface area (Å²) in [5.74, 6) is 0.216. The average molecular weight is 316 g/mol. The first kappa shape index (κ1) is 16.4. The van der Waals surface area contributed by atoms with Crippen molar-refractivity contribution in [2.75, 3.05) is 40.3 Å². The number of carbonyl (C=O) groups is 1. The number of likely N-dealkylation sites (tertiary alicyclic amines) is 2. The summed E-state index contributed by atoms with van der Waals surface area (Å²) in [6.45, 7) is 4.72. The zero-order chi connectivity index (χ0) is 16.3. The van der Waals surface area contributed by atoms with Crippen molar-refractivity contribution in [3.05, 3.63) is 30.1 Å². The fourth-order valence-corrected chi connectivity index (χ4v) is 4.07. The van der Waals surface area contributed by atoms with Crippen molar-refractivity contribution in [3.8, 4) is 0 Å². The molecular formula is C18H28N4O. The van der Waals surface area contributed by atoms with E-state index in [0.717, 1.165) is 31.9 Å². The number of pyridine rings is 1. The molecule has 0 N–H and O–H groups in total. The van der Waals surface area contributed by atoms with E-state index >= 15 is 0 Å². The number of nitrogens with zero attached hydrogens (tertiary/aromatic N) is 4. The highest BCUT2D eigenvalue weighted by Gasteiger charge is 2.44. The monoisotopic (exact) mass is 316 g/mol. The molecule has 1 amide bonds. The van der Waals surface area contributed by atoms with Crippen LogP contribution in [0.5, 0.6) is 0 Å². The molecule has 0 aliphatic carbocycles. The molecule has 0 radical (unpaired) electrons. The molecule has 126 valence electrons. The van der Waals surface area contributed by atoms with Gasteiger partial charge in [-0.3, -0.25) is 19.6 Å². The van der Waals surface area contributed by atoms with Gasteiger partial charge in [0.25, 0.3) is 0 Å². The summed E-state index contributed by atoms with van der Waals surface area (Å²) < 4.78 is 0. The van der Waals surface area contributed by atoms with Crippen LogP contribution in [-0.2, 0) is 11.3 Å². The predicted molar refractivity (Wildman–Crippen MR) is 91.0 cm³/mol. The summed E-state index contributed by atoms with van der Waals surface area (Å²) >= 11 is 0. The van der Waals surface area contributed by atoms with Crippen molar-refractivity contribution < 1.29 is 4.79 Å². The molecule has 1 atom stereocenters. The SMILES string of the molecule is CN(C)C(=O)CN1CCC[C@@]12CCCN(Cc1ccccn1)C2. The molecule has 0 aromatic carbocycles. The second-order valence-corrected chi connectivity index (χ2v) is 7.17. The number of aromatic nitrogens is 1. The smallest absolute Gasteiger partial charge is 0.236 e. The van der Waals surface area contributed by atoms with Crippen LogP contribution in [0.25, 0.3) is 0 Å². The second kappa shape index (κ2) is 6.97. The van der Waals surface area contributed by atoms with Crippen molar-refractivity contribution >= 4 is 5.91 Å². The van der Waals surface area contributed by atoms with Crippen LogP contribution >= 0.6 is 0 Å². The van der Waals surface area contributed by atoms with Crippen molar-refractivity contribution in [2.45, 2.75) is 37.8 Å². The number of rotatable bonds is 4. The minimum Gasteiger partial charge on any atom is -0.348 e. The Morgan fingerprint density at radius 2 is 2.04 bits per heavy atom. The molecule has 0 unspecified atom stereocenters. The van der Waals surface area contributed by atoms with Gasteiger partial charge in [0.05, 0.1) is 12.2 Å². The molecule has 3 heterocycles. The number of hydrogen-bond donors (Lipinski definition) is 0. The van der Waals surface area contributed by atoms with Gasteiger partial charge < -0.3 is 4.90 Å². The minimum absolute atomic E-state index is 0.193. The predicted octanol–water partition coefficient (Wildman–Crippen LogP) is 1.60. The summed E-state index contributed by atoms with van der Waals surface area (Å²) in [4.78, 5) is 23.3. The maximum atomic E-state index is 12.2. The van der Waals surface area contributed by atoms with Crippen LogP contribution in [0.1, 0.15) is 31.4 Å². The van der Waals surface area contributed by atoms with E-state index in [1.54, 1.807) is 4.90 Å². The molecule has 23 heavy (non-hydrogen) atoms. The number of amides is 1. The highest BCUT2D eigenvalue weighted by molar-refractivity contribution is 5.77. The Balaban J connectivity index is 1.67. The molecule has 5 heteroatoms. The van der Waals surface area contributed by atoms with Gasteiger partial charge in [0.2, 0.25) is 5.91 Å². The molecular weight excluding hydrogens is 288 g/mol. The molecule has 2 aliphatic heterocycles. The van der Waals surface area contributed by atoms with Crippen LogP contribution in [0.3, 0.4) is 0 Å². The molecule has 0 bridgehead atoms. The summed E-state index contributed by atoms with van der Waals surface area (Å²) in [5, 5.41) is 0. The lowest BCUT2D eigenvalue weighted by atomic mass is 9.86. The number of piperidine rings is 1. The van der Waals surface area contributed by atoms with E-state index in [9.17, 15) is 4.79 Å². The first-order valence-corrected chi connectivity index (χ1v) is 8.67. The van der Waals surface area contributed by atoms with E-state index in [4.69, 9.17) is 0 Å². The Hall–Kier alpha value is -1.46. The molecule has 0 saturated carbocycles. The molecule has 1 aromatic heterocycles. The lowest BCUT2D eigenvalue weighted by molar-refractivity contribution is -0.131. The van der Waals surface area contributed by atoms with Gasteiger partial charge in [-0.1, -0.05) is 6.07 Å². The Morgan fingerprint density at radius 1 is 1.26 bits per heavy atom. The van der Waals surface area contributed by atoms with E-state index < -0.39 is 0 Å². The Morgan fingerprint density at radius 3 is 2.74 bits per heavy atom. The van der Waals surface area contributed by atoms with Crippen molar-refractivity contribution in [2.24, 2.45) is 0 Å². The van der Waals surface area contributed by atoms with Gasteiger partial charge >= 0.3 is 0 Å². The summed E-state index contributed by atoms with van der Waals surface area (Å²) in [5.41, 5.74) is 1.33. The fraction of sp³-hybridized carbons (Fsp3) is 0.667. The third-order valence-electron chi connectivity index (χ3n) is 5.31. The van der Waals surface area contributed by atoms with E-state index in [2.05, 4.69) is 26.9 Å². The molecule has 2 fully saturated rings. The van der Waals surface area contributed by atoms with Gasteiger partial charge in [0.15, 0.2) is 0 Å². The van der Waals surface area contributed by atoms with Crippen molar-refractivity contribution in [1.29, 1.82) is 0 Å². The zero-order valence-corrected chi connectivity index (χ0v) is 14.4. The molecule has 3 rings (SSSR count). The van der Waals surface area contributed by atoms with E-state index in [1.807, 2.05) is 26.4 Å². The van der Waals surface area contributed by atoms with Gasteiger partial charge in [0, 0.05) is 38.9 Å². The molecule has 2 saturated heterocycles. The van der Waals surface area contributed by atoms with E-state index in [0.29, 0.717) is 6.54 Å². The third kappa shape index (κ3) is 3.72. The topological polar surface area (TPSA) is 39.7 Å². The van der Waals surface area contributed by atoms with Crippen LogP contribution in [0.15, 0.2) is 24.4 Å². The molecule has 1 spiro atoms. The van der Waals surface area contributed by atoms with Gasteiger partial charge in [-0.2, -0.15) is 0 Å². The van der Waals surface area contributed by atoms with Gasteiger partial charge in [-0.05, 0) is 50.9 Å². The van der Waals surface area contributed by atoms with Crippen molar-refractivity contribution in [1.82, 2.24) is 19.7 Å². The average Bonchev–Trinajstić information content (AvgIpc) is 2.90. The zero-order valence-electron chi connectivity index (χ0n) is 14.4. The van der Waals surface area contributed by atoms with Crippen LogP contribution in [-0.4, -0.2) is 71.4 Å². The van der Waals surface area contributed by atoms with Gasteiger partial charge in [0.1, 0.15) is 0 Å². The Kier molecular flexibility index (Phi) is 4.97. The summed E-state index contributed by atoms with van der Waals surface area (Å²) in [6, 6.07) is 6.12. The minimum atomic E-state index is 0.193. The summed E-state index contributed by atoms with van der Waals surface area (Å²) in [6.07, 6.45) is 6.71. The highest BCUT2D eigenvalue weighted by atomic mass is 16.2. The maximum absolute atomic E-state index is 12.2. The number of carbonyl (C=O) groups excluding carboxylic acids is 1. The lowest BCUT2D eigenvalue weighted by Gasteiger charge is -2.46. The van der Waals surface area contributed by atoms with Crippen LogP contribution in [0.2, 0.25) is 0 Å². The van der Waals surface area contributed by atoms with E-state index in [1.165, 1.54) is 25.7 Å². The molecule has 2 aliphatic rings. The van der Waals surface area contributed by atoms with Crippen LogP contribution < -0.4 is 0 Å². The lowest BCUT2D eigenvalue weighted by Crippen LogP contribution is -2.57. The molecule has 5 nitrogen and oxygen atoms in total. The van der Waals surface area contributed by atoms with E-state index in [-0.39, 0.29) is 11.4 Å².